The highest BCUT2D eigenvalue weighted by atomic mass is 32.2. The SMILES string of the molecule is CCC1Sc2sc(=S)sc2SC(CC)C1O. The summed E-state index contributed by atoms with van der Waals surface area (Å²) in [5.74, 6) is 0. The molecule has 16 heavy (non-hydrogen) atoms. The van der Waals surface area contributed by atoms with Crippen LogP contribution in [0, 0.1) is 3.14 Å². The Hall–Kier alpha value is 0.930. The first kappa shape index (κ1) is 13.4. The number of aliphatic hydroxyl groups excluding tert-OH is 1. The van der Waals surface area contributed by atoms with Crippen LogP contribution in [0.1, 0.15) is 26.7 Å². The first-order valence-corrected chi connectivity index (χ1v) is 9.11. The highest BCUT2D eigenvalue weighted by Gasteiger charge is 2.32. The summed E-state index contributed by atoms with van der Waals surface area (Å²) in [4.78, 5) is 0. The lowest BCUT2D eigenvalue weighted by atomic mass is 10.1. The molecule has 2 atom stereocenters. The molecule has 0 amide bonds. The summed E-state index contributed by atoms with van der Waals surface area (Å²) in [5, 5.41) is 10.9. The lowest BCUT2D eigenvalue weighted by Gasteiger charge is -2.24. The van der Waals surface area contributed by atoms with Crippen LogP contribution in [0.5, 0.6) is 0 Å². The van der Waals surface area contributed by atoms with E-state index >= 15 is 0 Å². The lowest BCUT2D eigenvalue weighted by molar-refractivity contribution is 0.165. The molecule has 0 spiro atoms. The van der Waals surface area contributed by atoms with Crippen molar-refractivity contribution in [3.63, 3.8) is 0 Å². The fourth-order valence-corrected chi connectivity index (χ4v) is 8.51. The van der Waals surface area contributed by atoms with Gasteiger partial charge in [-0.1, -0.05) is 26.1 Å². The van der Waals surface area contributed by atoms with Crippen molar-refractivity contribution < 1.29 is 5.11 Å². The molecule has 0 fully saturated rings. The van der Waals surface area contributed by atoms with Crippen LogP contribution in [0.25, 0.3) is 0 Å². The van der Waals surface area contributed by atoms with Gasteiger partial charge in [-0.2, -0.15) is 0 Å². The van der Waals surface area contributed by atoms with E-state index in [9.17, 15) is 5.11 Å². The molecule has 0 bridgehead atoms. The molecular weight excluding hydrogens is 296 g/mol. The maximum Gasteiger partial charge on any atom is 0.145 e. The van der Waals surface area contributed by atoms with Crippen molar-refractivity contribution in [3.05, 3.63) is 3.14 Å². The second kappa shape index (κ2) is 5.71. The largest absolute Gasteiger partial charge is 0.391 e. The van der Waals surface area contributed by atoms with Gasteiger partial charge in [0.05, 0.1) is 14.5 Å². The number of rotatable bonds is 2. The van der Waals surface area contributed by atoms with Crippen molar-refractivity contribution in [2.75, 3.05) is 0 Å². The summed E-state index contributed by atoms with van der Waals surface area (Å²) in [7, 11) is 0. The van der Waals surface area contributed by atoms with Gasteiger partial charge in [-0.05, 0) is 12.8 Å². The zero-order valence-corrected chi connectivity index (χ0v) is 13.2. The molecular formula is C10H14OS5. The van der Waals surface area contributed by atoms with Crippen molar-refractivity contribution in [3.8, 4) is 0 Å². The Bertz CT molecular complexity index is 375. The quantitative estimate of drug-likeness (QED) is 0.802. The van der Waals surface area contributed by atoms with Crippen LogP contribution < -0.4 is 0 Å². The zero-order chi connectivity index (χ0) is 11.7. The number of fused-ring (bicyclic) bond motifs is 1. The highest BCUT2D eigenvalue weighted by Crippen LogP contribution is 2.49. The molecule has 1 aliphatic rings. The third-order valence-electron chi connectivity index (χ3n) is 2.60. The van der Waals surface area contributed by atoms with Gasteiger partial charge in [0.2, 0.25) is 0 Å². The fraction of sp³-hybridized carbons (Fsp3) is 0.700. The number of hydrogen-bond donors (Lipinski definition) is 1. The predicted octanol–water partition coefficient (Wildman–Crippen LogP) is 4.65. The molecule has 0 saturated carbocycles. The monoisotopic (exact) mass is 310 g/mol. The molecule has 1 aromatic heterocycles. The Kier molecular flexibility index (Phi) is 4.77. The van der Waals surface area contributed by atoms with Crippen molar-refractivity contribution in [2.24, 2.45) is 0 Å². The smallest absolute Gasteiger partial charge is 0.145 e. The minimum atomic E-state index is -0.203. The Morgan fingerprint density at radius 3 is 1.88 bits per heavy atom. The number of hydrogen-bond acceptors (Lipinski definition) is 6. The zero-order valence-electron chi connectivity index (χ0n) is 9.13. The molecule has 2 unspecified atom stereocenters. The molecule has 90 valence electrons. The van der Waals surface area contributed by atoms with Gasteiger partial charge in [0.15, 0.2) is 0 Å². The number of aliphatic hydroxyl groups is 1. The standard InChI is InChI=1S/C10H14OS5/c1-3-5-7(11)6(4-2)14-9-8(13-5)15-10(12)16-9/h5-7,11H,3-4H2,1-2H3. The van der Waals surface area contributed by atoms with E-state index in [1.165, 1.54) is 8.42 Å². The van der Waals surface area contributed by atoms with Crippen LogP contribution in [0.3, 0.4) is 0 Å². The Balaban J connectivity index is 2.34. The van der Waals surface area contributed by atoms with Crippen LogP contribution in [0.2, 0.25) is 0 Å². The summed E-state index contributed by atoms with van der Waals surface area (Å²) < 4.78 is 3.65. The van der Waals surface area contributed by atoms with E-state index in [0.717, 1.165) is 16.0 Å². The predicted molar refractivity (Wildman–Crippen MR) is 78.9 cm³/mol. The summed E-state index contributed by atoms with van der Waals surface area (Å²) in [6, 6.07) is 0. The molecule has 0 saturated heterocycles. The van der Waals surface area contributed by atoms with Crippen molar-refractivity contribution in [1.82, 2.24) is 0 Å². The molecule has 0 radical (unpaired) electrons. The summed E-state index contributed by atoms with van der Waals surface area (Å²) in [6.07, 6.45) is 1.82. The topological polar surface area (TPSA) is 20.2 Å². The first-order valence-electron chi connectivity index (χ1n) is 5.31. The van der Waals surface area contributed by atoms with Crippen molar-refractivity contribution in [2.45, 2.75) is 51.7 Å². The molecule has 0 aliphatic carbocycles. The van der Waals surface area contributed by atoms with Gasteiger partial charge in [0, 0.05) is 10.5 Å². The molecule has 1 N–H and O–H groups in total. The summed E-state index contributed by atoms with van der Waals surface area (Å²) >= 11 is 12.3. The van der Waals surface area contributed by atoms with Crippen molar-refractivity contribution >= 4 is 58.4 Å². The third-order valence-corrected chi connectivity index (χ3v) is 8.97. The van der Waals surface area contributed by atoms with E-state index < -0.39 is 0 Å². The van der Waals surface area contributed by atoms with Crippen LogP contribution in [0.4, 0.5) is 0 Å². The van der Waals surface area contributed by atoms with Gasteiger partial charge in [0.25, 0.3) is 0 Å². The Morgan fingerprint density at radius 1 is 1.06 bits per heavy atom. The lowest BCUT2D eigenvalue weighted by Crippen LogP contribution is -2.31. The fourth-order valence-electron chi connectivity index (χ4n) is 1.70. The summed E-state index contributed by atoms with van der Waals surface area (Å²) in [5.41, 5.74) is 0. The Labute approximate surface area is 118 Å². The third kappa shape index (κ3) is 2.67. The highest BCUT2D eigenvalue weighted by molar-refractivity contribution is 8.06. The van der Waals surface area contributed by atoms with E-state index in [-0.39, 0.29) is 6.10 Å². The molecule has 0 aromatic carbocycles. The van der Waals surface area contributed by atoms with E-state index in [0.29, 0.717) is 10.5 Å². The maximum absolute atomic E-state index is 10.3. The van der Waals surface area contributed by atoms with Crippen LogP contribution in [-0.2, 0) is 0 Å². The van der Waals surface area contributed by atoms with Crippen LogP contribution in [-0.4, -0.2) is 21.7 Å². The van der Waals surface area contributed by atoms with Crippen molar-refractivity contribution in [1.29, 1.82) is 0 Å². The molecule has 2 rings (SSSR count). The average molecular weight is 311 g/mol. The van der Waals surface area contributed by atoms with E-state index in [2.05, 4.69) is 13.8 Å². The minimum Gasteiger partial charge on any atom is -0.391 e. The molecule has 1 aromatic rings. The van der Waals surface area contributed by atoms with Crippen LogP contribution in [0.15, 0.2) is 8.42 Å². The molecule has 6 heteroatoms. The second-order valence-corrected chi connectivity index (χ2v) is 9.89. The molecule has 2 heterocycles. The van der Waals surface area contributed by atoms with Crippen LogP contribution >= 0.6 is 58.4 Å². The Morgan fingerprint density at radius 2 is 1.50 bits per heavy atom. The number of thioether (sulfide) groups is 2. The maximum atomic E-state index is 10.3. The molecule has 1 nitrogen and oxygen atoms in total. The average Bonchev–Trinajstić information content (AvgIpc) is 2.56. The molecule has 1 aliphatic heterocycles. The van der Waals surface area contributed by atoms with Gasteiger partial charge in [0.1, 0.15) is 3.14 Å². The van der Waals surface area contributed by atoms with E-state index in [1.807, 2.05) is 23.5 Å². The van der Waals surface area contributed by atoms with Gasteiger partial charge in [-0.15, -0.1) is 46.2 Å². The van der Waals surface area contributed by atoms with Gasteiger partial charge >= 0.3 is 0 Å². The van der Waals surface area contributed by atoms with Gasteiger partial charge < -0.3 is 5.11 Å². The first-order chi connectivity index (χ1) is 7.65. The van der Waals surface area contributed by atoms with E-state index in [4.69, 9.17) is 12.2 Å². The summed E-state index contributed by atoms with van der Waals surface area (Å²) in [6.45, 7) is 4.30. The van der Waals surface area contributed by atoms with Gasteiger partial charge in [-0.3, -0.25) is 0 Å². The second-order valence-electron chi connectivity index (χ2n) is 3.65. The normalized spacial score (nSPS) is 29.8. The van der Waals surface area contributed by atoms with Gasteiger partial charge in [-0.25, -0.2) is 0 Å². The van der Waals surface area contributed by atoms with E-state index in [1.54, 1.807) is 22.7 Å². The minimum absolute atomic E-state index is 0.203.